The molecule has 4 N–H and O–H groups in total. The van der Waals surface area contributed by atoms with Crippen LogP contribution in [0.5, 0.6) is 0 Å². The molecule has 0 bridgehead atoms. The second kappa shape index (κ2) is 4.31. The van der Waals surface area contributed by atoms with E-state index in [0.29, 0.717) is 17.5 Å². The lowest BCUT2D eigenvalue weighted by Gasteiger charge is -2.08. The van der Waals surface area contributed by atoms with Gasteiger partial charge in [-0.25, -0.2) is 9.97 Å². The highest BCUT2D eigenvalue weighted by molar-refractivity contribution is 5.80. The van der Waals surface area contributed by atoms with Gasteiger partial charge >= 0.3 is 0 Å². The molecule has 6 nitrogen and oxygen atoms in total. The first-order chi connectivity index (χ1) is 9.11. The Bertz CT molecular complexity index is 715. The zero-order valence-electron chi connectivity index (χ0n) is 10.8. The lowest BCUT2D eigenvalue weighted by molar-refractivity contribution is 0.453. The van der Waals surface area contributed by atoms with Crippen molar-refractivity contribution in [3.05, 3.63) is 36.0 Å². The average Bonchev–Trinajstić information content (AvgIpc) is 2.94. The first kappa shape index (κ1) is 11.6. The predicted molar refractivity (Wildman–Crippen MR) is 73.8 cm³/mol. The topological polar surface area (TPSA) is 92.8 Å². The van der Waals surface area contributed by atoms with Crippen molar-refractivity contribution in [1.82, 2.24) is 15.0 Å². The number of rotatable bonds is 3. The summed E-state index contributed by atoms with van der Waals surface area (Å²) in [5, 5.41) is 3.22. The maximum absolute atomic E-state index is 5.74. The molecule has 0 aliphatic carbocycles. The monoisotopic (exact) mass is 257 g/mol. The molecule has 0 amide bonds. The fourth-order valence-electron chi connectivity index (χ4n) is 1.93. The molecule has 3 aromatic rings. The summed E-state index contributed by atoms with van der Waals surface area (Å²) in [6, 6.07) is 5.50. The summed E-state index contributed by atoms with van der Waals surface area (Å²) in [4.78, 5) is 11.8. The molecular weight excluding hydrogens is 242 g/mol. The smallest absolute Gasteiger partial charge is 0.216 e. The van der Waals surface area contributed by atoms with Crippen LogP contribution in [0.15, 0.2) is 28.8 Å². The first-order valence-electron chi connectivity index (χ1n) is 6.06. The van der Waals surface area contributed by atoms with Crippen LogP contribution in [0.25, 0.3) is 11.0 Å². The van der Waals surface area contributed by atoms with Gasteiger partial charge in [-0.05, 0) is 32.0 Å². The largest absolute Gasteiger partial charge is 0.444 e. The van der Waals surface area contributed by atoms with Crippen molar-refractivity contribution < 1.29 is 4.42 Å². The minimum atomic E-state index is -0.0633. The molecule has 0 saturated heterocycles. The van der Waals surface area contributed by atoms with E-state index in [1.54, 1.807) is 6.20 Å². The minimum Gasteiger partial charge on any atom is -0.444 e. The number of anilines is 2. The highest BCUT2D eigenvalue weighted by Crippen LogP contribution is 2.21. The lowest BCUT2D eigenvalue weighted by atomic mass is 10.3. The quantitative estimate of drug-likeness (QED) is 0.627. The number of nitrogen functional groups attached to an aromatic ring is 1. The van der Waals surface area contributed by atoms with Crippen molar-refractivity contribution in [2.75, 3.05) is 11.1 Å². The Hall–Kier alpha value is -2.50. The van der Waals surface area contributed by atoms with Crippen LogP contribution in [-0.4, -0.2) is 15.0 Å². The van der Waals surface area contributed by atoms with Gasteiger partial charge in [0.15, 0.2) is 0 Å². The number of H-pyrrole nitrogens is 1. The van der Waals surface area contributed by atoms with E-state index in [1.807, 2.05) is 32.0 Å². The van der Waals surface area contributed by atoms with Crippen LogP contribution < -0.4 is 11.1 Å². The zero-order valence-corrected chi connectivity index (χ0v) is 10.8. The van der Waals surface area contributed by atoms with Gasteiger partial charge in [-0.1, -0.05) is 0 Å². The number of nitrogens with one attached hydrogen (secondary N) is 2. The average molecular weight is 257 g/mol. The number of oxazole rings is 1. The van der Waals surface area contributed by atoms with Crippen LogP contribution in [0.2, 0.25) is 0 Å². The molecule has 98 valence electrons. The summed E-state index contributed by atoms with van der Waals surface area (Å²) < 4.78 is 5.48. The fraction of sp³-hybridized carbons (Fsp3) is 0.231. The van der Waals surface area contributed by atoms with Crippen molar-refractivity contribution in [1.29, 1.82) is 0 Å². The van der Waals surface area contributed by atoms with Crippen LogP contribution >= 0.6 is 0 Å². The summed E-state index contributed by atoms with van der Waals surface area (Å²) in [6.07, 6.45) is 1.70. The van der Waals surface area contributed by atoms with Crippen molar-refractivity contribution >= 4 is 22.7 Å². The van der Waals surface area contributed by atoms with Crippen LogP contribution in [0.4, 0.5) is 11.6 Å². The van der Waals surface area contributed by atoms with E-state index in [2.05, 4.69) is 20.3 Å². The van der Waals surface area contributed by atoms with E-state index in [9.17, 15) is 0 Å². The Morgan fingerprint density at radius 3 is 3.00 bits per heavy atom. The molecule has 0 aliphatic rings. The Labute approximate surface area is 110 Å². The van der Waals surface area contributed by atoms with E-state index in [1.165, 1.54) is 0 Å². The molecule has 6 heteroatoms. The van der Waals surface area contributed by atoms with Gasteiger partial charge < -0.3 is 20.5 Å². The molecule has 1 aromatic carbocycles. The van der Waals surface area contributed by atoms with Crippen LogP contribution in [0, 0.1) is 6.92 Å². The number of hydrogen-bond donors (Lipinski definition) is 3. The summed E-state index contributed by atoms with van der Waals surface area (Å²) in [5.74, 6) is 2.10. The number of hydrogen-bond acceptors (Lipinski definition) is 5. The molecule has 2 aromatic heterocycles. The van der Waals surface area contributed by atoms with Crippen LogP contribution in [0.1, 0.15) is 24.6 Å². The summed E-state index contributed by atoms with van der Waals surface area (Å²) in [6.45, 7) is 3.83. The molecule has 3 rings (SSSR count). The second-order valence-corrected chi connectivity index (χ2v) is 4.54. The molecule has 0 radical (unpaired) electrons. The van der Waals surface area contributed by atoms with Gasteiger partial charge in [-0.3, -0.25) is 0 Å². The molecule has 0 saturated carbocycles. The van der Waals surface area contributed by atoms with Crippen molar-refractivity contribution in [2.24, 2.45) is 0 Å². The molecule has 2 heterocycles. The number of benzene rings is 1. The highest BCUT2D eigenvalue weighted by atomic mass is 16.4. The standard InChI is InChI=1S/C13H15N5O/c1-7-6-15-12(19-7)8(2)16-13-17-10-4-3-9(14)5-11(10)18-13/h3-6,8H,14H2,1-2H3,(H2,16,17,18). The minimum absolute atomic E-state index is 0.0633. The Kier molecular flexibility index (Phi) is 2.63. The number of aromatic amines is 1. The molecule has 0 fully saturated rings. The Morgan fingerprint density at radius 1 is 1.42 bits per heavy atom. The SMILES string of the molecule is Cc1cnc(C(C)Nc2nc3ccc(N)cc3[nH]2)o1. The van der Waals surface area contributed by atoms with E-state index >= 15 is 0 Å². The van der Waals surface area contributed by atoms with Crippen molar-refractivity contribution in [3.8, 4) is 0 Å². The van der Waals surface area contributed by atoms with Gasteiger partial charge in [0, 0.05) is 5.69 Å². The van der Waals surface area contributed by atoms with Crippen LogP contribution in [-0.2, 0) is 0 Å². The van der Waals surface area contributed by atoms with Gasteiger partial charge in [0.25, 0.3) is 0 Å². The summed E-state index contributed by atoms with van der Waals surface area (Å²) >= 11 is 0. The van der Waals surface area contributed by atoms with E-state index in [4.69, 9.17) is 10.2 Å². The molecule has 0 spiro atoms. The maximum atomic E-state index is 5.74. The number of nitrogens with zero attached hydrogens (tertiary/aromatic N) is 2. The molecule has 1 atom stereocenters. The van der Waals surface area contributed by atoms with Crippen molar-refractivity contribution in [3.63, 3.8) is 0 Å². The third-order valence-electron chi connectivity index (χ3n) is 2.87. The highest BCUT2D eigenvalue weighted by Gasteiger charge is 2.13. The van der Waals surface area contributed by atoms with Gasteiger partial charge in [-0.2, -0.15) is 0 Å². The normalized spacial score (nSPS) is 12.7. The number of aryl methyl sites for hydroxylation is 1. The second-order valence-electron chi connectivity index (χ2n) is 4.54. The summed E-state index contributed by atoms with van der Waals surface area (Å²) in [5.41, 5.74) is 8.21. The first-order valence-corrected chi connectivity index (χ1v) is 6.06. The molecule has 0 aliphatic heterocycles. The predicted octanol–water partition coefficient (Wildman–Crippen LogP) is 2.61. The Morgan fingerprint density at radius 2 is 2.26 bits per heavy atom. The van der Waals surface area contributed by atoms with Gasteiger partial charge in [-0.15, -0.1) is 0 Å². The molecule has 1 unspecified atom stereocenters. The fourth-order valence-corrected chi connectivity index (χ4v) is 1.93. The Balaban J connectivity index is 1.85. The number of fused-ring (bicyclic) bond motifs is 1. The number of imidazole rings is 1. The third-order valence-corrected chi connectivity index (χ3v) is 2.87. The number of nitrogens with two attached hydrogens (primary N) is 1. The van der Waals surface area contributed by atoms with Crippen LogP contribution in [0.3, 0.4) is 0 Å². The van der Waals surface area contributed by atoms with Gasteiger partial charge in [0.2, 0.25) is 11.8 Å². The molecule has 19 heavy (non-hydrogen) atoms. The van der Waals surface area contributed by atoms with Crippen molar-refractivity contribution in [2.45, 2.75) is 19.9 Å². The van der Waals surface area contributed by atoms with E-state index in [-0.39, 0.29) is 6.04 Å². The van der Waals surface area contributed by atoms with Gasteiger partial charge in [0.05, 0.1) is 17.2 Å². The lowest BCUT2D eigenvalue weighted by Crippen LogP contribution is -2.07. The van der Waals surface area contributed by atoms with E-state index < -0.39 is 0 Å². The number of aromatic nitrogens is 3. The third kappa shape index (κ3) is 2.24. The molecular formula is C13H15N5O. The summed E-state index contributed by atoms with van der Waals surface area (Å²) in [7, 11) is 0. The van der Waals surface area contributed by atoms with Gasteiger partial charge in [0.1, 0.15) is 11.8 Å². The maximum Gasteiger partial charge on any atom is 0.216 e. The zero-order chi connectivity index (χ0) is 13.4. The van der Waals surface area contributed by atoms with E-state index in [0.717, 1.165) is 16.8 Å².